The summed E-state index contributed by atoms with van der Waals surface area (Å²) in [5, 5.41) is 11.2. The van der Waals surface area contributed by atoms with Crippen molar-refractivity contribution in [2.75, 3.05) is 0 Å². The van der Waals surface area contributed by atoms with E-state index < -0.39 is 5.60 Å². The largest absolute Gasteiger partial charge is 1.00 e. The summed E-state index contributed by atoms with van der Waals surface area (Å²) in [6.07, 6.45) is 3.80. The molecule has 0 saturated carbocycles. The van der Waals surface area contributed by atoms with Crippen molar-refractivity contribution < 1.29 is 24.0 Å². The van der Waals surface area contributed by atoms with Gasteiger partial charge in [-0.3, -0.25) is 0 Å². The van der Waals surface area contributed by atoms with E-state index in [9.17, 15) is 5.11 Å². The standard InChI is InChI=1S/C8H17O.Li/c1-4-6-7-8(3,9)5-2;/h4-7H2,1-3H3;/q-1;+1. The first-order valence-electron chi connectivity index (χ1n) is 3.83. The monoisotopic (exact) mass is 136 g/mol. The molecule has 2 heteroatoms. The van der Waals surface area contributed by atoms with Crippen molar-refractivity contribution >= 4 is 0 Å². The summed E-state index contributed by atoms with van der Waals surface area (Å²) in [4.78, 5) is 0. The van der Waals surface area contributed by atoms with Gasteiger partial charge in [0.05, 0.1) is 0 Å². The number of rotatable bonds is 4. The minimum atomic E-state index is -0.657. The fourth-order valence-electron chi connectivity index (χ4n) is 0.727. The first-order valence-corrected chi connectivity index (χ1v) is 3.83. The average molecular weight is 136 g/mol. The first kappa shape index (κ1) is 13.2. The Balaban J connectivity index is 0. The van der Waals surface area contributed by atoms with E-state index in [0.29, 0.717) is 0 Å². The molecule has 0 N–H and O–H groups in total. The van der Waals surface area contributed by atoms with Crippen molar-refractivity contribution in [1.82, 2.24) is 0 Å². The predicted octanol–water partition coefficient (Wildman–Crippen LogP) is -1.29. The van der Waals surface area contributed by atoms with Gasteiger partial charge in [0.25, 0.3) is 0 Å². The van der Waals surface area contributed by atoms with Gasteiger partial charge in [-0.1, -0.05) is 46.5 Å². The first-order chi connectivity index (χ1) is 4.12. The second-order valence-electron chi connectivity index (χ2n) is 2.91. The summed E-state index contributed by atoms with van der Waals surface area (Å²) in [5.41, 5.74) is -0.657. The number of unbranched alkanes of at least 4 members (excludes halogenated alkanes) is 1. The van der Waals surface area contributed by atoms with E-state index in [1.54, 1.807) is 6.92 Å². The molecule has 56 valence electrons. The van der Waals surface area contributed by atoms with Gasteiger partial charge < -0.3 is 5.11 Å². The topological polar surface area (TPSA) is 23.1 Å². The SMILES string of the molecule is CCCCC(C)([O-])CC.[Li+]. The third-order valence-electron chi connectivity index (χ3n) is 1.81. The van der Waals surface area contributed by atoms with Crippen molar-refractivity contribution in [1.29, 1.82) is 0 Å². The van der Waals surface area contributed by atoms with E-state index in [4.69, 9.17) is 0 Å². The maximum Gasteiger partial charge on any atom is 1.00 e. The van der Waals surface area contributed by atoms with Crippen LogP contribution in [0.25, 0.3) is 0 Å². The summed E-state index contributed by atoms with van der Waals surface area (Å²) in [5.74, 6) is 0. The Morgan fingerprint density at radius 3 is 2.10 bits per heavy atom. The molecule has 0 saturated heterocycles. The third-order valence-corrected chi connectivity index (χ3v) is 1.81. The number of hydrogen-bond donors (Lipinski definition) is 0. The molecule has 0 bridgehead atoms. The van der Waals surface area contributed by atoms with Crippen LogP contribution in [0.4, 0.5) is 0 Å². The van der Waals surface area contributed by atoms with E-state index in [1.165, 1.54) is 0 Å². The van der Waals surface area contributed by atoms with Crippen LogP contribution in [0, 0.1) is 0 Å². The molecular weight excluding hydrogens is 119 g/mol. The minimum absolute atomic E-state index is 0. The van der Waals surface area contributed by atoms with Crippen LogP contribution in [-0.4, -0.2) is 5.60 Å². The van der Waals surface area contributed by atoms with Crippen LogP contribution in [0.1, 0.15) is 46.5 Å². The van der Waals surface area contributed by atoms with Crippen LogP contribution < -0.4 is 24.0 Å². The molecule has 0 radical (unpaired) electrons. The maximum atomic E-state index is 11.2. The molecule has 0 aliphatic heterocycles. The molecule has 1 nitrogen and oxygen atoms in total. The molecule has 10 heavy (non-hydrogen) atoms. The van der Waals surface area contributed by atoms with Crippen molar-refractivity contribution in [3.8, 4) is 0 Å². The van der Waals surface area contributed by atoms with Gasteiger partial charge in [0.15, 0.2) is 0 Å². The van der Waals surface area contributed by atoms with E-state index in [2.05, 4.69) is 6.92 Å². The second-order valence-corrected chi connectivity index (χ2v) is 2.91. The summed E-state index contributed by atoms with van der Waals surface area (Å²) < 4.78 is 0. The molecule has 0 rings (SSSR count). The smallest absolute Gasteiger partial charge is 0.850 e. The Hall–Kier alpha value is 0.557. The van der Waals surface area contributed by atoms with E-state index in [1.807, 2.05) is 6.92 Å². The van der Waals surface area contributed by atoms with Crippen molar-refractivity contribution in [3.05, 3.63) is 0 Å². The third kappa shape index (κ3) is 6.67. The summed E-state index contributed by atoms with van der Waals surface area (Å²) in [6.45, 7) is 5.87. The zero-order chi connectivity index (χ0) is 7.33. The number of hydrogen-bond acceptors (Lipinski definition) is 1. The fourth-order valence-corrected chi connectivity index (χ4v) is 0.727. The van der Waals surface area contributed by atoms with Crippen LogP contribution in [0.5, 0.6) is 0 Å². The molecule has 0 amide bonds. The Morgan fingerprint density at radius 1 is 1.30 bits per heavy atom. The molecule has 0 aromatic heterocycles. The van der Waals surface area contributed by atoms with Crippen LogP contribution in [0.3, 0.4) is 0 Å². The van der Waals surface area contributed by atoms with E-state index in [0.717, 1.165) is 25.7 Å². The molecule has 0 aliphatic carbocycles. The predicted molar refractivity (Wildman–Crippen MR) is 38.2 cm³/mol. The molecule has 0 spiro atoms. The van der Waals surface area contributed by atoms with E-state index in [-0.39, 0.29) is 18.9 Å². The van der Waals surface area contributed by atoms with Crippen molar-refractivity contribution in [2.24, 2.45) is 0 Å². The minimum Gasteiger partial charge on any atom is -0.850 e. The zero-order valence-corrected chi connectivity index (χ0v) is 7.74. The van der Waals surface area contributed by atoms with Gasteiger partial charge in [-0.05, 0) is 0 Å². The average Bonchev–Trinajstić information content (AvgIpc) is 1.84. The summed E-state index contributed by atoms with van der Waals surface area (Å²) in [6, 6.07) is 0. The van der Waals surface area contributed by atoms with E-state index >= 15 is 0 Å². The van der Waals surface area contributed by atoms with Crippen molar-refractivity contribution in [2.45, 2.75) is 52.1 Å². The van der Waals surface area contributed by atoms with Crippen LogP contribution >= 0.6 is 0 Å². The maximum absolute atomic E-state index is 11.2. The molecule has 0 heterocycles. The molecule has 0 fully saturated rings. The van der Waals surface area contributed by atoms with Crippen LogP contribution in [-0.2, 0) is 0 Å². The Bertz CT molecular complexity index is 71.7. The zero-order valence-electron chi connectivity index (χ0n) is 7.74. The Kier molecular flexibility index (Phi) is 8.27. The summed E-state index contributed by atoms with van der Waals surface area (Å²) >= 11 is 0. The van der Waals surface area contributed by atoms with Crippen molar-refractivity contribution in [3.63, 3.8) is 0 Å². The van der Waals surface area contributed by atoms with Gasteiger partial charge in [0.1, 0.15) is 0 Å². The molecule has 0 aliphatic rings. The molecule has 0 aromatic rings. The van der Waals surface area contributed by atoms with Gasteiger partial charge in [-0.2, -0.15) is 0 Å². The molecule has 1 atom stereocenters. The normalized spacial score (nSPS) is 15.6. The molecule has 1 unspecified atom stereocenters. The quantitative estimate of drug-likeness (QED) is 0.441. The fraction of sp³-hybridized carbons (Fsp3) is 1.00. The van der Waals surface area contributed by atoms with Gasteiger partial charge in [-0.25, -0.2) is 0 Å². The van der Waals surface area contributed by atoms with Gasteiger partial charge >= 0.3 is 18.9 Å². The second kappa shape index (κ2) is 6.28. The summed E-state index contributed by atoms with van der Waals surface area (Å²) in [7, 11) is 0. The van der Waals surface area contributed by atoms with Gasteiger partial charge in [0, 0.05) is 0 Å². The van der Waals surface area contributed by atoms with Gasteiger partial charge in [0.2, 0.25) is 0 Å². The molecular formula is C8H17LiO. The van der Waals surface area contributed by atoms with Gasteiger partial charge in [-0.15, -0.1) is 5.60 Å². The van der Waals surface area contributed by atoms with Crippen LogP contribution in [0.2, 0.25) is 0 Å². The Labute approximate surface area is 76.4 Å². The molecule has 0 aromatic carbocycles. The Morgan fingerprint density at radius 2 is 1.80 bits per heavy atom. The van der Waals surface area contributed by atoms with Crippen LogP contribution in [0.15, 0.2) is 0 Å².